The molecule has 1 aromatic carbocycles. The number of nitrogens with one attached hydrogen (secondary N) is 3. The van der Waals surface area contributed by atoms with E-state index in [0.717, 1.165) is 16.9 Å². The van der Waals surface area contributed by atoms with E-state index < -0.39 is 0 Å². The van der Waals surface area contributed by atoms with Crippen LogP contribution in [-0.4, -0.2) is 32.4 Å². The van der Waals surface area contributed by atoms with Gasteiger partial charge in [0.1, 0.15) is 10.7 Å². The first-order chi connectivity index (χ1) is 12.1. The van der Waals surface area contributed by atoms with Crippen LogP contribution in [0.5, 0.6) is 0 Å². The summed E-state index contributed by atoms with van der Waals surface area (Å²) in [7, 11) is 0. The second kappa shape index (κ2) is 6.14. The Kier molecular flexibility index (Phi) is 3.81. The largest absolute Gasteiger partial charge is 0.351 e. The lowest BCUT2D eigenvalue weighted by Crippen LogP contribution is -2.25. The molecule has 0 atom stereocenters. The lowest BCUT2D eigenvalue weighted by Gasteiger charge is -2.02. The molecule has 0 saturated heterocycles. The van der Waals surface area contributed by atoms with E-state index in [9.17, 15) is 9.59 Å². The number of hydrogen-bond donors (Lipinski definition) is 3. The van der Waals surface area contributed by atoms with Crippen LogP contribution in [-0.2, 0) is 6.42 Å². The first-order valence-corrected chi connectivity index (χ1v) is 8.64. The number of imidazole rings is 1. The van der Waals surface area contributed by atoms with Crippen LogP contribution in [0.4, 0.5) is 0 Å². The second-order valence-electron chi connectivity index (χ2n) is 5.67. The van der Waals surface area contributed by atoms with Gasteiger partial charge in [0.15, 0.2) is 0 Å². The fourth-order valence-corrected chi connectivity index (χ4v) is 3.86. The average Bonchev–Trinajstić information content (AvgIpc) is 3.16. The van der Waals surface area contributed by atoms with Gasteiger partial charge in [0, 0.05) is 13.0 Å². The molecule has 0 spiro atoms. The number of carbonyl (C=O) groups is 1. The molecule has 0 fully saturated rings. The zero-order valence-corrected chi connectivity index (χ0v) is 14.2. The molecule has 7 nitrogen and oxygen atoms in total. The van der Waals surface area contributed by atoms with E-state index in [0.29, 0.717) is 33.6 Å². The number of rotatable bonds is 4. The zero-order chi connectivity index (χ0) is 17.4. The van der Waals surface area contributed by atoms with Gasteiger partial charge >= 0.3 is 0 Å². The highest BCUT2D eigenvalue weighted by Crippen LogP contribution is 2.26. The number of aromatic amines is 2. The summed E-state index contributed by atoms with van der Waals surface area (Å²) in [6.45, 7) is 2.22. The Balaban J connectivity index is 1.48. The first-order valence-electron chi connectivity index (χ1n) is 7.82. The summed E-state index contributed by atoms with van der Waals surface area (Å²) in [6, 6.07) is 7.80. The number of benzene rings is 1. The highest BCUT2D eigenvalue weighted by Gasteiger charge is 2.18. The number of amides is 1. The van der Waals surface area contributed by atoms with E-state index in [4.69, 9.17) is 0 Å². The lowest BCUT2D eigenvalue weighted by atomic mass is 10.2. The number of thiophene rings is 1. The van der Waals surface area contributed by atoms with Gasteiger partial charge < -0.3 is 15.3 Å². The first kappa shape index (κ1) is 15.5. The Labute approximate surface area is 146 Å². The number of hydrogen-bond acceptors (Lipinski definition) is 5. The second-order valence-corrected chi connectivity index (χ2v) is 6.67. The van der Waals surface area contributed by atoms with Gasteiger partial charge in [-0.1, -0.05) is 12.1 Å². The minimum absolute atomic E-state index is 0.198. The van der Waals surface area contributed by atoms with Crippen molar-refractivity contribution in [3.05, 3.63) is 57.2 Å². The van der Waals surface area contributed by atoms with Crippen molar-refractivity contribution >= 4 is 38.5 Å². The van der Waals surface area contributed by atoms with Crippen molar-refractivity contribution in [1.82, 2.24) is 25.3 Å². The van der Waals surface area contributed by atoms with E-state index in [2.05, 4.69) is 25.3 Å². The summed E-state index contributed by atoms with van der Waals surface area (Å²) in [5.74, 6) is 0.628. The minimum atomic E-state index is -0.222. The molecule has 0 saturated carbocycles. The summed E-state index contributed by atoms with van der Waals surface area (Å²) in [6.07, 6.45) is 1.95. The number of aryl methyl sites for hydroxylation is 1. The zero-order valence-electron chi connectivity index (χ0n) is 13.4. The molecule has 0 aliphatic carbocycles. The fourth-order valence-electron chi connectivity index (χ4n) is 2.79. The predicted molar refractivity (Wildman–Crippen MR) is 97.1 cm³/mol. The topological polar surface area (TPSA) is 104 Å². The number of carbonyl (C=O) groups excluding carboxylic acids is 1. The molecule has 8 heteroatoms. The normalized spacial score (nSPS) is 11.2. The van der Waals surface area contributed by atoms with E-state index in [1.54, 1.807) is 6.92 Å². The maximum absolute atomic E-state index is 12.4. The van der Waals surface area contributed by atoms with Crippen molar-refractivity contribution < 1.29 is 4.79 Å². The van der Waals surface area contributed by atoms with Gasteiger partial charge in [-0.05, 0) is 24.6 Å². The molecule has 0 aliphatic rings. The van der Waals surface area contributed by atoms with Gasteiger partial charge in [0.05, 0.1) is 27.6 Å². The average molecular weight is 353 g/mol. The van der Waals surface area contributed by atoms with Crippen molar-refractivity contribution in [1.29, 1.82) is 0 Å². The third-order valence-corrected chi connectivity index (χ3v) is 5.22. The van der Waals surface area contributed by atoms with Gasteiger partial charge in [-0.2, -0.15) is 0 Å². The Bertz CT molecular complexity index is 1110. The monoisotopic (exact) mass is 353 g/mol. The Hall–Kier alpha value is -3.00. The van der Waals surface area contributed by atoms with Crippen LogP contribution in [0.1, 0.15) is 21.1 Å². The summed E-state index contributed by atoms with van der Waals surface area (Å²) in [4.78, 5) is 39.8. The summed E-state index contributed by atoms with van der Waals surface area (Å²) < 4.78 is 0. The van der Waals surface area contributed by atoms with Gasteiger partial charge in [0.25, 0.3) is 11.5 Å². The Morgan fingerprint density at radius 1 is 1.32 bits per heavy atom. The SMILES string of the molecule is Cc1c(C(=O)NCCc2nc3ccccc3[nH]2)sc2nc[nH]c(=O)c12. The smallest absolute Gasteiger partial charge is 0.261 e. The molecule has 0 radical (unpaired) electrons. The molecule has 0 aliphatic heterocycles. The fraction of sp³-hybridized carbons (Fsp3) is 0.176. The van der Waals surface area contributed by atoms with Gasteiger partial charge in [-0.25, -0.2) is 9.97 Å². The van der Waals surface area contributed by atoms with Crippen LogP contribution in [0.15, 0.2) is 35.4 Å². The minimum Gasteiger partial charge on any atom is -0.351 e. The van der Waals surface area contributed by atoms with E-state index in [1.807, 2.05) is 24.3 Å². The molecule has 3 heterocycles. The standard InChI is InChI=1S/C17H15N5O2S/c1-9-13-15(23)19-8-20-17(13)25-14(9)16(24)18-7-6-12-21-10-4-2-3-5-11(10)22-12/h2-5,8H,6-7H2,1H3,(H,18,24)(H,21,22)(H,19,20,23). The maximum atomic E-state index is 12.4. The van der Waals surface area contributed by atoms with E-state index in [1.165, 1.54) is 17.7 Å². The van der Waals surface area contributed by atoms with Crippen LogP contribution in [0, 0.1) is 6.92 Å². The highest BCUT2D eigenvalue weighted by atomic mass is 32.1. The third-order valence-electron chi connectivity index (χ3n) is 4.02. The molecule has 25 heavy (non-hydrogen) atoms. The molecule has 3 aromatic heterocycles. The van der Waals surface area contributed by atoms with Crippen molar-refractivity contribution in [3.8, 4) is 0 Å². The molecule has 126 valence electrons. The molecule has 3 N–H and O–H groups in total. The molecule has 0 unspecified atom stereocenters. The van der Waals surface area contributed by atoms with Crippen LogP contribution >= 0.6 is 11.3 Å². The van der Waals surface area contributed by atoms with E-state index >= 15 is 0 Å². The Morgan fingerprint density at radius 3 is 2.96 bits per heavy atom. The molecule has 1 amide bonds. The summed E-state index contributed by atoms with van der Waals surface area (Å²) in [5.41, 5.74) is 2.33. The molecule has 0 bridgehead atoms. The van der Waals surface area contributed by atoms with Crippen molar-refractivity contribution in [2.24, 2.45) is 0 Å². The van der Waals surface area contributed by atoms with Crippen LogP contribution in [0.3, 0.4) is 0 Å². The number of aromatic nitrogens is 4. The van der Waals surface area contributed by atoms with Crippen LogP contribution in [0.2, 0.25) is 0 Å². The Morgan fingerprint density at radius 2 is 2.16 bits per heavy atom. The maximum Gasteiger partial charge on any atom is 0.261 e. The molecule has 4 aromatic rings. The lowest BCUT2D eigenvalue weighted by molar-refractivity contribution is 0.0957. The van der Waals surface area contributed by atoms with Gasteiger partial charge in [0.2, 0.25) is 0 Å². The van der Waals surface area contributed by atoms with Gasteiger partial charge in [-0.3, -0.25) is 9.59 Å². The van der Waals surface area contributed by atoms with Crippen LogP contribution in [0.25, 0.3) is 21.3 Å². The quantitative estimate of drug-likeness (QED) is 0.523. The van der Waals surface area contributed by atoms with Crippen molar-refractivity contribution in [2.45, 2.75) is 13.3 Å². The third kappa shape index (κ3) is 2.80. The summed E-state index contributed by atoms with van der Waals surface area (Å²) in [5, 5.41) is 3.37. The molecular formula is C17H15N5O2S. The number of H-pyrrole nitrogens is 2. The highest BCUT2D eigenvalue weighted by molar-refractivity contribution is 7.20. The number of fused-ring (bicyclic) bond motifs is 2. The van der Waals surface area contributed by atoms with Crippen molar-refractivity contribution in [2.75, 3.05) is 6.54 Å². The predicted octanol–water partition coefficient (Wildman–Crippen LogP) is 2.14. The molecular weight excluding hydrogens is 338 g/mol. The van der Waals surface area contributed by atoms with Gasteiger partial charge in [-0.15, -0.1) is 11.3 Å². The number of nitrogens with zero attached hydrogens (tertiary/aromatic N) is 2. The van der Waals surface area contributed by atoms with E-state index in [-0.39, 0.29) is 11.5 Å². The molecule has 4 rings (SSSR count). The van der Waals surface area contributed by atoms with Crippen molar-refractivity contribution in [3.63, 3.8) is 0 Å². The van der Waals surface area contributed by atoms with Crippen LogP contribution < -0.4 is 10.9 Å². The summed E-state index contributed by atoms with van der Waals surface area (Å²) >= 11 is 1.23. The number of para-hydroxylation sites is 2.